The average molecular weight is 313 g/mol. The number of aromatic amines is 1. The Labute approximate surface area is 134 Å². The van der Waals surface area contributed by atoms with Crippen molar-refractivity contribution in [3.05, 3.63) is 46.8 Å². The molecule has 0 fully saturated rings. The van der Waals surface area contributed by atoms with E-state index in [1.165, 1.54) is 12.7 Å². The zero-order valence-corrected chi connectivity index (χ0v) is 13.4. The maximum atomic E-state index is 11.6. The van der Waals surface area contributed by atoms with E-state index in [0.717, 1.165) is 29.7 Å². The molecule has 0 radical (unpaired) electrons. The Morgan fingerprint density at radius 2 is 1.87 bits per heavy atom. The fourth-order valence-corrected chi connectivity index (χ4v) is 2.89. The number of hydrogen-bond donors (Lipinski definition) is 1. The highest BCUT2D eigenvalue weighted by atomic mass is 16.5. The quantitative estimate of drug-likeness (QED) is 0.880. The summed E-state index contributed by atoms with van der Waals surface area (Å²) in [7, 11) is 4.62. The standard InChI is InChI=1S/C18H19NO4/c1-21-16-7-4-11(9-17(16)22-2)8-12-5-6-14-13(12)10-15(19-14)18(20)23-3/h4,7-10,19H,5-6H2,1-3H3. The SMILES string of the molecule is COC(=O)c1cc2c([nH]1)CCC2=Cc1ccc(OC)c(OC)c1. The number of ether oxygens (including phenoxy) is 3. The van der Waals surface area contributed by atoms with Crippen LogP contribution < -0.4 is 9.47 Å². The molecule has 23 heavy (non-hydrogen) atoms. The van der Waals surface area contributed by atoms with E-state index in [1.54, 1.807) is 14.2 Å². The molecule has 2 aromatic rings. The van der Waals surface area contributed by atoms with E-state index in [1.807, 2.05) is 24.3 Å². The number of esters is 1. The summed E-state index contributed by atoms with van der Waals surface area (Å²) in [5.41, 5.74) is 4.89. The molecule has 3 rings (SSSR count). The van der Waals surface area contributed by atoms with Crippen LogP contribution in [-0.2, 0) is 11.2 Å². The molecular weight excluding hydrogens is 294 g/mol. The van der Waals surface area contributed by atoms with Crippen molar-refractivity contribution in [3.63, 3.8) is 0 Å². The van der Waals surface area contributed by atoms with Crippen LogP contribution >= 0.6 is 0 Å². The first-order valence-electron chi connectivity index (χ1n) is 7.39. The summed E-state index contributed by atoms with van der Waals surface area (Å²) in [6.45, 7) is 0. The minimum absolute atomic E-state index is 0.343. The summed E-state index contributed by atoms with van der Waals surface area (Å²) >= 11 is 0. The van der Waals surface area contributed by atoms with Crippen LogP contribution in [0, 0.1) is 0 Å². The van der Waals surface area contributed by atoms with Crippen molar-refractivity contribution in [2.45, 2.75) is 12.8 Å². The molecule has 0 saturated heterocycles. The van der Waals surface area contributed by atoms with E-state index in [4.69, 9.17) is 14.2 Å². The second kappa shape index (κ2) is 6.20. The lowest BCUT2D eigenvalue weighted by atomic mass is 10.1. The number of methoxy groups -OCH3 is 3. The Morgan fingerprint density at radius 3 is 2.57 bits per heavy atom. The third-order valence-electron chi connectivity index (χ3n) is 4.04. The molecule has 1 aliphatic carbocycles. The molecule has 1 aliphatic rings. The lowest BCUT2D eigenvalue weighted by molar-refractivity contribution is 0.0594. The molecule has 5 nitrogen and oxygen atoms in total. The molecule has 0 unspecified atom stereocenters. The summed E-state index contributed by atoms with van der Waals surface area (Å²) in [6, 6.07) is 7.68. The molecule has 1 N–H and O–H groups in total. The molecule has 0 bridgehead atoms. The average Bonchev–Trinajstić information content (AvgIpc) is 3.16. The summed E-state index contributed by atoms with van der Waals surface area (Å²) in [4.78, 5) is 14.8. The van der Waals surface area contributed by atoms with Gasteiger partial charge in [-0.1, -0.05) is 12.1 Å². The van der Waals surface area contributed by atoms with Gasteiger partial charge in [0.1, 0.15) is 5.69 Å². The van der Waals surface area contributed by atoms with Gasteiger partial charge in [0.2, 0.25) is 0 Å². The van der Waals surface area contributed by atoms with Crippen molar-refractivity contribution in [3.8, 4) is 11.5 Å². The van der Waals surface area contributed by atoms with Gasteiger partial charge in [-0.05, 0) is 47.7 Å². The number of carbonyl (C=O) groups excluding carboxylic acids is 1. The summed E-state index contributed by atoms with van der Waals surface area (Å²) < 4.78 is 15.4. The molecule has 0 atom stereocenters. The highest BCUT2D eigenvalue weighted by Gasteiger charge is 2.22. The molecule has 0 spiro atoms. The molecule has 5 heteroatoms. The highest BCUT2D eigenvalue weighted by molar-refractivity contribution is 5.92. The van der Waals surface area contributed by atoms with Crippen LogP contribution in [0.15, 0.2) is 24.3 Å². The number of H-pyrrole nitrogens is 1. The monoisotopic (exact) mass is 313 g/mol. The normalized spacial score (nSPS) is 14.7. The second-order valence-electron chi connectivity index (χ2n) is 5.35. The number of nitrogens with one attached hydrogen (secondary N) is 1. The third-order valence-corrected chi connectivity index (χ3v) is 4.04. The summed E-state index contributed by atoms with van der Waals surface area (Å²) in [5, 5.41) is 0. The number of benzene rings is 1. The van der Waals surface area contributed by atoms with Gasteiger partial charge in [0, 0.05) is 5.69 Å². The fourth-order valence-electron chi connectivity index (χ4n) is 2.89. The molecule has 0 saturated carbocycles. The number of fused-ring (bicyclic) bond motifs is 1. The number of aryl methyl sites for hydroxylation is 1. The van der Waals surface area contributed by atoms with Crippen LogP contribution in [0.25, 0.3) is 11.6 Å². The van der Waals surface area contributed by atoms with Crippen LogP contribution in [0.1, 0.15) is 33.7 Å². The predicted octanol–water partition coefficient (Wildman–Crippen LogP) is 3.31. The third kappa shape index (κ3) is 2.82. The van der Waals surface area contributed by atoms with Gasteiger partial charge < -0.3 is 19.2 Å². The molecule has 1 heterocycles. The van der Waals surface area contributed by atoms with E-state index >= 15 is 0 Å². The lowest BCUT2D eigenvalue weighted by Crippen LogP contribution is -2.01. The van der Waals surface area contributed by atoms with Crippen molar-refractivity contribution >= 4 is 17.6 Å². The second-order valence-corrected chi connectivity index (χ2v) is 5.35. The van der Waals surface area contributed by atoms with Crippen molar-refractivity contribution in [1.82, 2.24) is 4.98 Å². The minimum Gasteiger partial charge on any atom is -0.493 e. The number of carbonyl (C=O) groups is 1. The zero-order chi connectivity index (χ0) is 16.4. The van der Waals surface area contributed by atoms with Crippen LogP contribution in [0.5, 0.6) is 11.5 Å². The van der Waals surface area contributed by atoms with Gasteiger partial charge >= 0.3 is 5.97 Å². The zero-order valence-electron chi connectivity index (χ0n) is 13.4. The van der Waals surface area contributed by atoms with E-state index < -0.39 is 0 Å². The Balaban J connectivity index is 1.94. The molecule has 1 aromatic heterocycles. The van der Waals surface area contributed by atoms with Crippen LogP contribution in [0.3, 0.4) is 0 Å². The topological polar surface area (TPSA) is 60.6 Å². The molecular formula is C18H19NO4. The van der Waals surface area contributed by atoms with Crippen LogP contribution in [0.2, 0.25) is 0 Å². The Morgan fingerprint density at radius 1 is 1.09 bits per heavy atom. The van der Waals surface area contributed by atoms with Crippen molar-refractivity contribution in [2.75, 3.05) is 21.3 Å². The largest absolute Gasteiger partial charge is 0.493 e. The van der Waals surface area contributed by atoms with Gasteiger partial charge in [0.15, 0.2) is 11.5 Å². The van der Waals surface area contributed by atoms with Gasteiger partial charge in [-0.3, -0.25) is 0 Å². The minimum atomic E-state index is -0.343. The molecule has 0 amide bonds. The molecule has 120 valence electrons. The van der Waals surface area contributed by atoms with Crippen LogP contribution in [0.4, 0.5) is 0 Å². The van der Waals surface area contributed by atoms with E-state index in [0.29, 0.717) is 17.2 Å². The first-order valence-corrected chi connectivity index (χ1v) is 7.39. The summed E-state index contributed by atoms with van der Waals surface area (Å²) in [6.07, 6.45) is 3.95. The first kappa shape index (κ1) is 15.2. The lowest BCUT2D eigenvalue weighted by Gasteiger charge is -2.08. The van der Waals surface area contributed by atoms with Crippen molar-refractivity contribution in [2.24, 2.45) is 0 Å². The maximum absolute atomic E-state index is 11.6. The Kier molecular flexibility index (Phi) is 4.10. The van der Waals surface area contributed by atoms with Gasteiger partial charge in [0.05, 0.1) is 21.3 Å². The van der Waals surface area contributed by atoms with Gasteiger partial charge in [0.25, 0.3) is 0 Å². The predicted molar refractivity (Wildman–Crippen MR) is 87.9 cm³/mol. The van der Waals surface area contributed by atoms with Gasteiger partial charge in [-0.2, -0.15) is 0 Å². The van der Waals surface area contributed by atoms with Crippen molar-refractivity contribution < 1.29 is 19.0 Å². The van der Waals surface area contributed by atoms with E-state index in [9.17, 15) is 4.79 Å². The summed E-state index contributed by atoms with van der Waals surface area (Å²) in [5.74, 6) is 1.06. The highest BCUT2D eigenvalue weighted by Crippen LogP contribution is 2.35. The Hall–Kier alpha value is -2.69. The molecule has 0 aliphatic heterocycles. The number of rotatable bonds is 4. The van der Waals surface area contributed by atoms with E-state index in [2.05, 4.69) is 11.1 Å². The Bertz CT molecular complexity index is 773. The van der Waals surface area contributed by atoms with Crippen molar-refractivity contribution in [1.29, 1.82) is 0 Å². The molecule has 1 aromatic carbocycles. The van der Waals surface area contributed by atoms with E-state index in [-0.39, 0.29) is 5.97 Å². The first-order chi connectivity index (χ1) is 11.2. The number of hydrogen-bond acceptors (Lipinski definition) is 4. The number of allylic oxidation sites excluding steroid dienone is 1. The number of aromatic nitrogens is 1. The fraction of sp³-hybridized carbons (Fsp3) is 0.278. The van der Waals surface area contributed by atoms with Gasteiger partial charge in [-0.25, -0.2) is 4.79 Å². The van der Waals surface area contributed by atoms with Crippen LogP contribution in [-0.4, -0.2) is 32.3 Å². The van der Waals surface area contributed by atoms with Gasteiger partial charge in [-0.15, -0.1) is 0 Å². The maximum Gasteiger partial charge on any atom is 0.354 e. The smallest absolute Gasteiger partial charge is 0.354 e.